The van der Waals surface area contributed by atoms with Crippen LogP contribution in [0.5, 0.6) is 0 Å². The van der Waals surface area contributed by atoms with Gasteiger partial charge in [0.05, 0.1) is 0 Å². The van der Waals surface area contributed by atoms with Crippen LogP contribution in [0.4, 0.5) is 0 Å². The second kappa shape index (κ2) is 4.37. The molecule has 4 nitrogen and oxygen atoms in total. The lowest BCUT2D eigenvalue weighted by Crippen LogP contribution is -2.22. The quantitative estimate of drug-likeness (QED) is 0.800. The molecule has 0 bridgehead atoms. The Morgan fingerprint density at radius 2 is 2.25 bits per heavy atom. The molecule has 0 saturated carbocycles. The Morgan fingerprint density at radius 3 is 2.94 bits per heavy atom. The van der Waals surface area contributed by atoms with Crippen LogP contribution in [0.2, 0.25) is 0 Å². The van der Waals surface area contributed by atoms with Crippen molar-refractivity contribution in [3.8, 4) is 0 Å². The zero-order valence-corrected chi connectivity index (χ0v) is 9.23. The Labute approximate surface area is 94.0 Å². The highest BCUT2D eigenvalue weighted by Gasteiger charge is 2.04. The van der Waals surface area contributed by atoms with E-state index in [1.54, 1.807) is 7.05 Å². The van der Waals surface area contributed by atoms with E-state index >= 15 is 0 Å². The molecule has 0 spiro atoms. The zero-order valence-electron chi connectivity index (χ0n) is 9.23. The van der Waals surface area contributed by atoms with E-state index in [2.05, 4.69) is 11.4 Å². The molecule has 3 N–H and O–H groups in total. The first-order valence-corrected chi connectivity index (χ1v) is 5.23. The minimum atomic E-state index is 0.000372. The molecule has 1 aromatic carbocycles. The van der Waals surface area contributed by atoms with Gasteiger partial charge in [-0.2, -0.15) is 0 Å². The third-order valence-electron chi connectivity index (χ3n) is 2.66. The molecular formula is C12H15N3O. The van der Waals surface area contributed by atoms with Crippen LogP contribution < -0.4 is 11.1 Å². The number of aromatic nitrogens is 1. The molecule has 0 aliphatic rings. The molecule has 0 unspecified atom stereocenters. The fourth-order valence-corrected chi connectivity index (χ4v) is 1.75. The summed E-state index contributed by atoms with van der Waals surface area (Å²) in [5.74, 6) is 0.000372. The minimum Gasteiger partial charge on any atom is -0.358 e. The number of carbonyl (C=O) groups excluding carboxylic acids is 1. The van der Waals surface area contributed by atoms with Gasteiger partial charge in [0, 0.05) is 25.3 Å². The van der Waals surface area contributed by atoms with E-state index in [1.807, 2.05) is 29.0 Å². The summed E-state index contributed by atoms with van der Waals surface area (Å²) in [6, 6.07) is 8.04. The Hall–Kier alpha value is -1.81. The van der Waals surface area contributed by atoms with Gasteiger partial charge in [0.15, 0.2) is 0 Å². The van der Waals surface area contributed by atoms with Gasteiger partial charge in [0.2, 0.25) is 5.91 Å². The molecule has 4 heteroatoms. The van der Waals surface area contributed by atoms with Crippen LogP contribution in [0, 0.1) is 0 Å². The van der Waals surface area contributed by atoms with Crippen LogP contribution in [0.3, 0.4) is 0 Å². The van der Waals surface area contributed by atoms with E-state index < -0.39 is 0 Å². The topological polar surface area (TPSA) is 60.0 Å². The molecule has 1 aromatic heterocycles. The zero-order chi connectivity index (χ0) is 11.5. The molecule has 0 atom stereocenters. The lowest BCUT2D eigenvalue weighted by Gasteiger charge is -2.04. The number of hydrogen-bond acceptors (Lipinski definition) is 2. The number of benzene rings is 1. The summed E-state index contributed by atoms with van der Waals surface area (Å²) in [7, 11) is 1.64. The van der Waals surface area contributed by atoms with Crippen molar-refractivity contribution in [3.05, 3.63) is 36.0 Å². The van der Waals surface area contributed by atoms with E-state index in [4.69, 9.17) is 5.73 Å². The summed E-state index contributed by atoms with van der Waals surface area (Å²) in [6.07, 6.45) is 1.92. The van der Waals surface area contributed by atoms with Crippen LogP contribution in [-0.2, 0) is 17.9 Å². The van der Waals surface area contributed by atoms with Crippen LogP contribution in [0.15, 0.2) is 30.5 Å². The second-order valence-electron chi connectivity index (χ2n) is 3.71. The van der Waals surface area contributed by atoms with Gasteiger partial charge in [-0.1, -0.05) is 6.07 Å². The molecule has 2 rings (SSSR count). The van der Waals surface area contributed by atoms with E-state index in [9.17, 15) is 4.79 Å². The summed E-state index contributed by atoms with van der Waals surface area (Å²) in [4.78, 5) is 11.3. The second-order valence-corrected chi connectivity index (χ2v) is 3.71. The summed E-state index contributed by atoms with van der Waals surface area (Å²) in [5, 5.41) is 3.73. The van der Waals surface area contributed by atoms with Crippen LogP contribution in [0.25, 0.3) is 10.9 Å². The molecule has 0 aliphatic carbocycles. The van der Waals surface area contributed by atoms with E-state index in [0.717, 1.165) is 16.5 Å². The maximum absolute atomic E-state index is 11.3. The van der Waals surface area contributed by atoms with Gasteiger partial charge >= 0.3 is 0 Å². The van der Waals surface area contributed by atoms with Crippen molar-refractivity contribution < 1.29 is 4.79 Å². The molecule has 0 saturated heterocycles. The van der Waals surface area contributed by atoms with Gasteiger partial charge < -0.3 is 15.6 Å². The Balaban J connectivity index is 2.37. The lowest BCUT2D eigenvalue weighted by molar-refractivity contribution is -0.121. The normalized spacial score (nSPS) is 10.6. The number of rotatable bonds is 3. The summed E-state index contributed by atoms with van der Waals surface area (Å²) >= 11 is 0. The minimum absolute atomic E-state index is 0.000372. The molecule has 0 aliphatic heterocycles. The third-order valence-corrected chi connectivity index (χ3v) is 2.66. The average Bonchev–Trinajstić information content (AvgIpc) is 2.71. The van der Waals surface area contributed by atoms with Gasteiger partial charge in [0.1, 0.15) is 6.54 Å². The SMILES string of the molecule is CNC(=O)Cn1ccc2cc(CN)ccc21. The lowest BCUT2D eigenvalue weighted by atomic mass is 10.1. The number of nitrogens with two attached hydrogens (primary N) is 1. The van der Waals surface area contributed by atoms with Gasteiger partial charge in [-0.3, -0.25) is 4.79 Å². The van der Waals surface area contributed by atoms with Crippen molar-refractivity contribution in [1.29, 1.82) is 0 Å². The maximum atomic E-state index is 11.3. The number of fused-ring (bicyclic) bond motifs is 1. The predicted molar refractivity (Wildman–Crippen MR) is 63.9 cm³/mol. The number of nitrogens with zero attached hydrogens (tertiary/aromatic N) is 1. The fourth-order valence-electron chi connectivity index (χ4n) is 1.75. The molecule has 1 heterocycles. The number of amides is 1. The largest absolute Gasteiger partial charge is 0.358 e. The summed E-state index contributed by atoms with van der Waals surface area (Å²) in [6.45, 7) is 0.887. The highest BCUT2D eigenvalue weighted by molar-refractivity contribution is 5.83. The maximum Gasteiger partial charge on any atom is 0.239 e. The number of nitrogens with one attached hydrogen (secondary N) is 1. The van der Waals surface area contributed by atoms with Crippen LogP contribution in [-0.4, -0.2) is 17.5 Å². The van der Waals surface area contributed by atoms with E-state index in [-0.39, 0.29) is 5.91 Å². The van der Waals surface area contributed by atoms with Crippen molar-refractivity contribution in [1.82, 2.24) is 9.88 Å². The first-order valence-electron chi connectivity index (χ1n) is 5.23. The monoisotopic (exact) mass is 217 g/mol. The summed E-state index contributed by atoms with van der Waals surface area (Å²) < 4.78 is 1.93. The molecule has 0 radical (unpaired) electrons. The average molecular weight is 217 g/mol. The molecule has 1 amide bonds. The van der Waals surface area contributed by atoms with Gasteiger partial charge in [-0.05, 0) is 29.1 Å². The van der Waals surface area contributed by atoms with Crippen LogP contribution >= 0.6 is 0 Å². The fraction of sp³-hybridized carbons (Fsp3) is 0.250. The van der Waals surface area contributed by atoms with Gasteiger partial charge in [-0.25, -0.2) is 0 Å². The number of likely N-dealkylation sites (N-methyl/N-ethyl adjacent to an activating group) is 1. The first-order chi connectivity index (χ1) is 7.74. The smallest absolute Gasteiger partial charge is 0.239 e. The molecule has 2 aromatic rings. The standard InChI is InChI=1S/C12H15N3O/c1-14-12(16)8-15-5-4-10-6-9(7-13)2-3-11(10)15/h2-6H,7-8,13H2,1H3,(H,14,16). The Morgan fingerprint density at radius 1 is 1.44 bits per heavy atom. The Bertz CT molecular complexity index is 516. The highest BCUT2D eigenvalue weighted by atomic mass is 16.1. The number of carbonyl (C=O) groups is 1. The van der Waals surface area contributed by atoms with Crippen molar-refractivity contribution >= 4 is 16.8 Å². The van der Waals surface area contributed by atoms with Crippen LogP contribution in [0.1, 0.15) is 5.56 Å². The van der Waals surface area contributed by atoms with Gasteiger partial charge in [0.25, 0.3) is 0 Å². The molecule has 16 heavy (non-hydrogen) atoms. The van der Waals surface area contributed by atoms with Crippen molar-refractivity contribution in [2.45, 2.75) is 13.1 Å². The Kier molecular flexibility index (Phi) is 2.92. The van der Waals surface area contributed by atoms with Crippen molar-refractivity contribution in [2.75, 3.05) is 7.05 Å². The van der Waals surface area contributed by atoms with E-state index in [1.165, 1.54) is 0 Å². The highest BCUT2D eigenvalue weighted by Crippen LogP contribution is 2.17. The van der Waals surface area contributed by atoms with E-state index in [0.29, 0.717) is 13.1 Å². The number of hydrogen-bond donors (Lipinski definition) is 2. The predicted octanol–water partition coefficient (Wildman–Crippen LogP) is 0.846. The van der Waals surface area contributed by atoms with Crippen molar-refractivity contribution in [2.24, 2.45) is 5.73 Å². The molecular weight excluding hydrogens is 202 g/mol. The van der Waals surface area contributed by atoms with Crippen molar-refractivity contribution in [3.63, 3.8) is 0 Å². The summed E-state index contributed by atoms with van der Waals surface area (Å²) in [5.41, 5.74) is 7.74. The van der Waals surface area contributed by atoms with Gasteiger partial charge in [-0.15, -0.1) is 0 Å². The molecule has 0 fully saturated rings. The first kappa shape index (κ1) is 10.7. The molecule has 84 valence electrons. The third kappa shape index (κ3) is 1.92.